The van der Waals surface area contributed by atoms with Gasteiger partial charge < -0.3 is 10.0 Å². The topological polar surface area (TPSA) is 111 Å². The summed E-state index contributed by atoms with van der Waals surface area (Å²) in [6, 6.07) is 0. The lowest BCUT2D eigenvalue weighted by Gasteiger charge is -2.11. The lowest BCUT2D eigenvalue weighted by atomic mass is 10.1. The van der Waals surface area contributed by atoms with Crippen molar-refractivity contribution in [2.45, 2.75) is 12.6 Å². The van der Waals surface area contributed by atoms with Crippen molar-refractivity contribution in [3.8, 4) is 0 Å². The average Bonchev–Trinajstić information content (AvgIpc) is 2.94. The van der Waals surface area contributed by atoms with Crippen molar-refractivity contribution in [3.63, 3.8) is 0 Å². The number of halogens is 3. The number of amides is 1. The summed E-state index contributed by atoms with van der Waals surface area (Å²) in [6.45, 7) is 0.543. The Balaban J connectivity index is 2.00. The van der Waals surface area contributed by atoms with Gasteiger partial charge in [0.2, 0.25) is 11.9 Å². The summed E-state index contributed by atoms with van der Waals surface area (Å²) in [6.07, 6.45) is -4.62. The highest BCUT2D eigenvalue weighted by atomic mass is 19.4. The van der Waals surface area contributed by atoms with Crippen LogP contribution in [0.1, 0.15) is 6.42 Å². The molecule has 0 radical (unpaired) electrons. The molecule has 1 saturated heterocycles. The van der Waals surface area contributed by atoms with Crippen LogP contribution < -0.4 is 10.2 Å². The lowest BCUT2D eigenvalue weighted by Crippen LogP contribution is -2.30. The first-order chi connectivity index (χ1) is 9.27. The zero-order valence-electron chi connectivity index (χ0n) is 9.94. The lowest BCUT2D eigenvalue weighted by molar-refractivity contribution is -0.167. The van der Waals surface area contributed by atoms with E-state index in [4.69, 9.17) is 5.11 Å². The molecule has 2 heterocycles. The molecule has 20 heavy (non-hydrogen) atoms. The molecule has 0 saturated carbocycles. The molecule has 0 aliphatic carbocycles. The molecule has 1 amide bonds. The number of anilines is 2. The van der Waals surface area contributed by atoms with Crippen molar-refractivity contribution < 1.29 is 27.9 Å². The highest BCUT2D eigenvalue weighted by Crippen LogP contribution is 2.22. The van der Waals surface area contributed by atoms with Gasteiger partial charge in [0.1, 0.15) is 0 Å². The van der Waals surface area contributed by atoms with Gasteiger partial charge in [-0.3, -0.25) is 14.9 Å². The van der Waals surface area contributed by atoms with Crippen LogP contribution in [0.25, 0.3) is 0 Å². The molecule has 1 aromatic rings. The molecule has 1 atom stereocenters. The standard InChI is InChI=1S/C9H10F3N5O3/c10-9(11,12)6(20)13-7-14-8(16-15-7)17-2-1-4(3-17)5(18)19/h4H,1-3H2,(H,18,19)(H2,13,14,15,16,20). The fourth-order valence-electron chi connectivity index (χ4n) is 1.77. The molecule has 1 fully saturated rings. The number of hydrogen-bond acceptors (Lipinski definition) is 5. The van der Waals surface area contributed by atoms with Crippen molar-refractivity contribution >= 4 is 23.8 Å². The maximum atomic E-state index is 12.0. The van der Waals surface area contributed by atoms with Gasteiger partial charge in [-0.2, -0.15) is 18.2 Å². The van der Waals surface area contributed by atoms with Crippen LogP contribution >= 0.6 is 0 Å². The predicted octanol–water partition coefficient (Wildman–Crippen LogP) is 0.216. The average molecular weight is 293 g/mol. The summed E-state index contributed by atoms with van der Waals surface area (Å²) in [5, 5.41) is 16.1. The van der Waals surface area contributed by atoms with Crippen LogP contribution in [0.2, 0.25) is 0 Å². The molecule has 3 N–H and O–H groups in total. The molecule has 110 valence electrons. The Morgan fingerprint density at radius 3 is 2.70 bits per heavy atom. The van der Waals surface area contributed by atoms with E-state index in [-0.39, 0.29) is 12.5 Å². The number of rotatable bonds is 3. The number of nitrogens with one attached hydrogen (secondary N) is 2. The summed E-state index contributed by atoms with van der Waals surface area (Å²) in [7, 11) is 0. The number of carbonyl (C=O) groups is 2. The number of H-pyrrole nitrogens is 1. The number of aliphatic carboxylic acids is 1. The minimum atomic E-state index is -5.02. The van der Waals surface area contributed by atoms with Crippen LogP contribution in [0.15, 0.2) is 0 Å². The SMILES string of the molecule is O=C(O)C1CCN(c2n[nH]c(NC(=O)C(F)(F)F)n2)C1. The monoisotopic (exact) mass is 293 g/mol. The van der Waals surface area contributed by atoms with Gasteiger partial charge in [-0.1, -0.05) is 0 Å². The quantitative estimate of drug-likeness (QED) is 0.735. The third-order valence-corrected chi connectivity index (χ3v) is 2.78. The second kappa shape index (κ2) is 4.98. The molecule has 8 nitrogen and oxygen atoms in total. The highest BCUT2D eigenvalue weighted by Gasteiger charge is 2.39. The van der Waals surface area contributed by atoms with Gasteiger partial charge in [0.15, 0.2) is 0 Å². The van der Waals surface area contributed by atoms with Gasteiger partial charge in [-0.05, 0) is 6.42 Å². The predicted molar refractivity (Wildman–Crippen MR) is 59.0 cm³/mol. The van der Waals surface area contributed by atoms with Crippen molar-refractivity contribution in [1.82, 2.24) is 15.2 Å². The molecular formula is C9H10F3N5O3. The zero-order valence-corrected chi connectivity index (χ0v) is 9.94. The van der Waals surface area contributed by atoms with Crippen LogP contribution in [-0.2, 0) is 9.59 Å². The third-order valence-electron chi connectivity index (χ3n) is 2.78. The van der Waals surface area contributed by atoms with E-state index in [1.165, 1.54) is 10.2 Å². The number of nitrogens with zero attached hydrogens (tertiary/aromatic N) is 3. The molecule has 0 aromatic carbocycles. The maximum absolute atomic E-state index is 12.0. The Morgan fingerprint density at radius 2 is 2.15 bits per heavy atom. The number of carbonyl (C=O) groups excluding carboxylic acids is 1. The van der Waals surface area contributed by atoms with Crippen molar-refractivity contribution in [2.24, 2.45) is 5.92 Å². The van der Waals surface area contributed by atoms with Crippen LogP contribution in [0, 0.1) is 5.92 Å². The maximum Gasteiger partial charge on any atom is 0.471 e. The van der Waals surface area contributed by atoms with Gasteiger partial charge in [-0.15, -0.1) is 5.10 Å². The number of hydrogen-bond donors (Lipinski definition) is 3. The Labute approximate surface area is 110 Å². The number of carboxylic acid groups (broad SMARTS) is 1. The second-order valence-electron chi connectivity index (χ2n) is 4.21. The first kappa shape index (κ1) is 14.1. The largest absolute Gasteiger partial charge is 0.481 e. The van der Waals surface area contributed by atoms with Gasteiger partial charge in [-0.25, -0.2) is 5.10 Å². The van der Waals surface area contributed by atoms with E-state index >= 15 is 0 Å². The first-order valence-electron chi connectivity index (χ1n) is 5.55. The molecule has 0 spiro atoms. The third kappa shape index (κ3) is 2.97. The Bertz CT molecular complexity index is 529. The number of aromatic nitrogens is 3. The Morgan fingerprint density at radius 1 is 1.45 bits per heavy atom. The van der Waals surface area contributed by atoms with Gasteiger partial charge in [0, 0.05) is 13.1 Å². The normalized spacial score (nSPS) is 19.1. The van der Waals surface area contributed by atoms with Crippen molar-refractivity contribution in [2.75, 3.05) is 23.3 Å². The van der Waals surface area contributed by atoms with Crippen LogP contribution in [0.4, 0.5) is 25.1 Å². The molecule has 11 heteroatoms. The number of alkyl halides is 3. The minimum absolute atomic E-state index is 0.0474. The Hall–Kier alpha value is -2.33. The summed E-state index contributed by atoms with van der Waals surface area (Å²) >= 11 is 0. The summed E-state index contributed by atoms with van der Waals surface area (Å²) < 4.78 is 36.1. The first-order valence-corrected chi connectivity index (χ1v) is 5.55. The van der Waals surface area contributed by atoms with Crippen LogP contribution in [-0.4, -0.2) is 51.4 Å². The molecular weight excluding hydrogens is 283 g/mol. The molecule has 0 bridgehead atoms. The van der Waals surface area contributed by atoms with E-state index in [9.17, 15) is 22.8 Å². The summed E-state index contributed by atoms with van der Waals surface area (Å²) in [5.41, 5.74) is 0. The molecule has 1 unspecified atom stereocenters. The number of aromatic amines is 1. The van der Waals surface area contributed by atoms with Crippen molar-refractivity contribution in [1.29, 1.82) is 0 Å². The molecule has 2 rings (SSSR count). The van der Waals surface area contributed by atoms with E-state index in [2.05, 4.69) is 15.2 Å². The highest BCUT2D eigenvalue weighted by molar-refractivity contribution is 5.93. The zero-order chi connectivity index (χ0) is 14.9. The summed E-state index contributed by atoms with van der Waals surface area (Å²) in [5.74, 6) is -4.08. The molecule has 1 aromatic heterocycles. The van der Waals surface area contributed by atoms with Crippen LogP contribution in [0.3, 0.4) is 0 Å². The summed E-state index contributed by atoms with van der Waals surface area (Å²) in [4.78, 5) is 26.7. The molecule has 1 aliphatic heterocycles. The van der Waals surface area contributed by atoms with Gasteiger partial charge in [0.05, 0.1) is 5.92 Å². The minimum Gasteiger partial charge on any atom is -0.481 e. The van der Waals surface area contributed by atoms with E-state index in [0.717, 1.165) is 0 Å². The smallest absolute Gasteiger partial charge is 0.471 e. The van der Waals surface area contributed by atoms with E-state index in [1.54, 1.807) is 0 Å². The van der Waals surface area contributed by atoms with E-state index < -0.39 is 29.9 Å². The van der Waals surface area contributed by atoms with Crippen LogP contribution in [0.5, 0.6) is 0 Å². The van der Waals surface area contributed by atoms with E-state index in [0.29, 0.717) is 13.0 Å². The second-order valence-corrected chi connectivity index (χ2v) is 4.21. The van der Waals surface area contributed by atoms with Gasteiger partial charge in [0.25, 0.3) is 0 Å². The van der Waals surface area contributed by atoms with Gasteiger partial charge >= 0.3 is 18.1 Å². The Kier molecular flexibility index (Phi) is 3.51. The van der Waals surface area contributed by atoms with Crippen molar-refractivity contribution in [3.05, 3.63) is 0 Å². The molecule has 1 aliphatic rings. The number of carboxylic acids is 1. The fourth-order valence-corrected chi connectivity index (χ4v) is 1.77. The fraction of sp³-hybridized carbons (Fsp3) is 0.556. The van der Waals surface area contributed by atoms with E-state index in [1.807, 2.05) is 0 Å².